The highest BCUT2D eigenvalue weighted by molar-refractivity contribution is 5.90. The van der Waals surface area contributed by atoms with Gasteiger partial charge < -0.3 is 20.7 Å². The molecule has 0 radical (unpaired) electrons. The van der Waals surface area contributed by atoms with Crippen LogP contribution in [-0.2, 0) is 0 Å². The Balaban J connectivity index is 1.53. The highest BCUT2D eigenvalue weighted by Gasteiger charge is 2.08. The Morgan fingerprint density at radius 1 is 1.00 bits per heavy atom. The van der Waals surface area contributed by atoms with Crippen LogP contribution in [0.15, 0.2) is 42.6 Å². The van der Waals surface area contributed by atoms with E-state index in [1.165, 1.54) is 0 Å². The maximum absolute atomic E-state index is 12.1. The summed E-state index contributed by atoms with van der Waals surface area (Å²) in [6.45, 7) is 4.55. The van der Waals surface area contributed by atoms with E-state index in [1.807, 2.05) is 44.2 Å². The number of hydrogen-bond donors (Lipinski definition) is 3. The largest absolute Gasteiger partial charge is 0.497 e. The first-order valence-electron chi connectivity index (χ1n) is 9.12. The first kappa shape index (κ1) is 20.0. The van der Waals surface area contributed by atoms with Crippen molar-refractivity contribution < 1.29 is 9.53 Å². The summed E-state index contributed by atoms with van der Waals surface area (Å²) in [6, 6.07) is 11.2. The van der Waals surface area contributed by atoms with Gasteiger partial charge in [-0.2, -0.15) is 4.98 Å². The summed E-state index contributed by atoms with van der Waals surface area (Å²) in [5.74, 6) is 1.77. The number of aromatic nitrogens is 4. The van der Waals surface area contributed by atoms with Crippen molar-refractivity contribution in [2.45, 2.75) is 13.8 Å². The van der Waals surface area contributed by atoms with Crippen molar-refractivity contribution in [3.05, 3.63) is 59.8 Å². The molecule has 0 saturated heterocycles. The summed E-state index contributed by atoms with van der Waals surface area (Å²) < 4.78 is 5.16. The van der Waals surface area contributed by atoms with Crippen LogP contribution in [0.25, 0.3) is 0 Å². The first-order chi connectivity index (χ1) is 14.0. The van der Waals surface area contributed by atoms with Crippen LogP contribution in [-0.4, -0.2) is 46.0 Å². The standard InChI is InChI=1S/C20H23N7O2/c1-13-8-9-21-18(24-13)19(28)22-10-11-23-20-25-14(2)12-17(27-20)26-15-4-6-16(29-3)7-5-15/h4-9,12H,10-11H2,1-3H3,(H,22,28)(H2,23,25,26,27). The fourth-order valence-corrected chi connectivity index (χ4v) is 2.52. The van der Waals surface area contributed by atoms with Crippen LogP contribution in [0.3, 0.4) is 0 Å². The van der Waals surface area contributed by atoms with E-state index in [0.29, 0.717) is 24.9 Å². The van der Waals surface area contributed by atoms with Crippen LogP contribution in [0.2, 0.25) is 0 Å². The molecular formula is C20H23N7O2. The second kappa shape index (κ2) is 9.45. The third-order valence-corrected chi connectivity index (χ3v) is 3.91. The normalized spacial score (nSPS) is 10.3. The number of rotatable bonds is 8. The molecule has 29 heavy (non-hydrogen) atoms. The van der Waals surface area contributed by atoms with Crippen LogP contribution in [0.4, 0.5) is 17.5 Å². The second-order valence-corrected chi connectivity index (χ2v) is 6.28. The number of ether oxygens (including phenoxy) is 1. The number of benzene rings is 1. The minimum absolute atomic E-state index is 0.155. The summed E-state index contributed by atoms with van der Waals surface area (Å²) >= 11 is 0. The van der Waals surface area contributed by atoms with Crippen LogP contribution in [0.5, 0.6) is 5.75 Å². The molecule has 1 aromatic carbocycles. The molecule has 3 aromatic rings. The molecule has 2 heterocycles. The van der Waals surface area contributed by atoms with Crippen LogP contribution in [0, 0.1) is 13.8 Å². The molecule has 0 aliphatic carbocycles. The predicted octanol–water partition coefficient (Wildman–Crippen LogP) is 2.48. The third-order valence-electron chi connectivity index (χ3n) is 3.91. The van der Waals surface area contributed by atoms with E-state index < -0.39 is 0 Å². The van der Waals surface area contributed by atoms with Crippen LogP contribution < -0.4 is 20.7 Å². The Bertz CT molecular complexity index is 977. The van der Waals surface area contributed by atoms with E-state index in [1.54, 1.807) is 19.4 Å². The first-order valence-corrected chi connectivity index (χ1v) is 9.12. The molecule has 150 valence electrons. The SMILES string of the molecule is COc1ccc(Nc2cc(C)nc(NCCNC(=O)c3nccc(C)n3)n2)cc1. The lowest BCUT2D eigenvalue weighted by molar-refractivity contribution is 0.0944. The van der Waals surface area contributed by atoms with E-state index in [-0.39, 0.29) is 11.7 Å². The van der Waals surface area contributed by atoms with Gasteiger partial charge in [0.15, 0.2) is 0 Å². The Morgan fingerprint density at radius 2 is 1.79 bits per heavy atom. The van der Waals surface area contributed by atoms with E-state index in [2.05, 4.69) is 35.9 Å². The summed E-state index contributed by atoms with van der Waals surface area (Å²) in [5, 5.41) is 9.12. The van der Waals surface area contributed by atoms with Gasteiger partial charge in [-0.3, -0.25) is 4.79 Å². The zero-order valence-corrected chi connectivity index (χ0v) is 16.6. The number of aryl methyl sites for hydroxylation is 2. The monoisotopic (exact) mass is 393 g/mol. The third kappa shape index (κ3) is 5.86. The average Bonchev–Trinajstić information content (AvgIpc) is 2.71. The van der Waals surface area contributed by atoms with Gasteiger partial charge in [0.25, 0.3) is 5.91 Å². The zero-order chi connectivity index (χ0) is 20.6. The molecule has 3 N–H and O–H groups in total. The van der Waals surface area contributed by atoms with Crippen molar-refractivity contribution in [2.24, 2.45) is 0 Å². The van der Waals surface area contributed by atoms with E-state index in [9.17, 15) is 4.79 Å². The lowest BCUT2D eigenvalue weighted by Crippen LogP contribution is -2.30. The van der Waals surface area contributed by atoms with Gasteiger partial charge in [-0.05, 0) is 44.2 Å². The average molecular weight is 393 g/mol. The predicted molar refractivity (Wildman–Crippen MR) is 111 cm³/mol. The van der Waals surface area contributed by atoms with Gasteiger partial charge in [-0.1, -0.05) is 0 Å². The molecule has 9 nitrogen and oxygen atoms in total. The number of carbonyl (C=O) groups excluding carboxylic acids is 1. The van der Waals surface area contributed by atoms with Gasteiger partial charge in [0.05, 0.1) is 7.11 Å². The summed E-state index contributed by atoms with van der Waals surface area (Å²) in [7, 11) is 1.63. The maximum Gasteiger partial charge on any atom is 0.289 e. The number of carbonyl (C=O) groups is 1. The molecule has 9 heteroatoms. The number of nitrogens with one attached hydrogen (secondary N) is 3. The molecule has 0 aliphatic rings. The van der Waals surface area contributed by atoms with Gasteiger partial charge >= 0.3 is 0 Å². The molecule has 2 aromatic heterocycles. The van der Waals surface area contributed by atoms with Crippen molar-refractivity contribution in [1.29, 1.82) is 0 Å². The van der Waals surface area contributed by atoms with E-state index in [0.717, 1.165) is 22.8 Å². The quantitative estimate of drug-likeness (QED) is 0.500. The Morgan fingerprint density at radius 3 is 2.52 bits per heavy atom. The molecule has 0 aliphatic heterocycles. The molecular weight excluding hydrogens is 370 g/mol. The number of nitrogens with zero attached hydrogens (tertiary/aromatic N) is 4. The van der Waals surface area contributed by atoms with Crippen molar-refractivity contribution in [3.63, 3.8) is 0 Å². The summed E-state index contributed by atoms with van der Waals surface area (Å²) in [5.41, 5.74) is 2.45. The summed E-state index contributed by atoms with van der Waals surface area (Å²) in [4.78, 5) is 28.9. The smallest absolute Gasteiger partial charge is 0.289 e. The number of anilines is 3. The zero-order valence-electron chi connectivity index (χ0n) is 16.6. The molecule has 1 amide bonds. The van der Waals surface area contributed by atoms with E-state index >= 15 is 0 Å². The van der Waals surface area contributed by atoms with Gasteiger partial charge in [-0.25, -0.2) is 15.0 Å². The van der Waals surface area contributed by atoms with Crippen molar-refractivity contribution >= 4 is 23.4 Å². The Labute approximate surface area is 169 Å². The lowest BCUT2D eigenvalue weighted by Gasteiger charge is -2.11. The van der Waals surface area contributed by atoms with Crippen molar-refractivity contribution in [2.75, 3.05) is 30.8 Å². The van der Waals surface area contributed by atoms with Crippen LogP contribution in [0.1, 0.15) is 22.0 Å². The minimum atomic E-state index is -0.317. The maximum atomic E-state index is 12.1. The van der Waals surface area contributed by atoms with Gasteiger partial charge in [0.1, 0.15) is 11.6 Å². The molecule has 0 fully saturated rings. The minimum Gasteiger partial charge on any atom is -0.497 e. The van der Waals surface area contributed by atoms with Gasteiger partial charge in [0.2, 0.25) is 11.8 Å². The van der Waals surface area contributed by atoms with Crippen LogP contribution >= 0.6 is 0 Å². The molecule has 0 spiro atoms. The van der Waals surface area contributed by atoms with E-state index in [4.69, 9.17) is 4.74 Å². The molecule has 0 atom stereocenters. The number of amides is 1. The fourth-order valence-electron chi connectivity index (χ4n) is 2.52. The van der Waals surface area contributed by atoms with Crippen molar-refractivity contribution in [3.8, 4) is 5.75 Å². The Kier molecular flexibility index (Phi) is 6.51. The number of methoxy groups -OCH3 is 1. The Hall–Kier alpha value is -3.75. The fraction of sp³-hybridized carbons (Fsp3) is 0.250. The topological polar surface area (TPSA) is 114 Å². The molecule has 0 unspecified atom stereocenters. The van der Waals surface area contributed by atoms with Gasteiger partial charge in [0, 0.05) is 42.4 Å². The number of hydrogen-bond acceptors (Lipinski definition) is 8. The highest BCUT2D eigenvalue weighted by Crippen LogP contribution is 2.19. The molecule has 3 rings (SSSR count). The lowest BCUT2D eigenvalue weighted by atomic mass is 10.3. The van der Waals surface area contributed by atoms with Gasteiger partial charge in [-0.15, -0.1) is 0 Å². The summed E-state index contributed by atoms with van der Waals surface area (Å²) in [6.07, 6.45) is 1.56. The highest BCUT2D eigenvalue weighted by atomic mass is 16.5. The molecule has 0 saturated carbocycles. The molecule has 0 bridgehead atoms. The second-order valence-electron chi connectivity index (χ2n) is 6.28. The van der Waals surface area contributed by atoms with Crippen molar-refractivity contribution in [1.82, 2.24) is 25.3 Å².